The number of benzene rings is 6. The van der Waals surface area contributed by atoms with E-state index in [1.807, 2.05) is 24.3 Å². The van der Waals surface area contributed by atoms with Gasteiger partial charge in [0.25, 0.3) is 0 Å². The largest absolute Gasteiger partial charge is 0.493 e. The first-order valence-electron chi connectivity index (χ1n) is 27.4. The van der Waals surface area contributed by atoms with Gasteiger partial charge < -0.3 is 48.2 Å². The third-order valence-electron chi connectivity index (χ3n) is 14.9. The molecular weight excluding hydrogens is 1010 g/mol. The molecule has 10 rings (SSSR count). The Kier molecular flexibility index (Phi) is 18.9. The van der Waals surface area contributed by atoms with Crippen LogP contribution >= 0.6 is 12.4 Å². The normalized spacial score (nSPS) is 11.4. The first-order valence-corrected chi connectivity index (χ1v) is 27.4. The first-order chi connectivity index (χ1) is 38.4. The lowest BCUT2D eigenvalue weighted by Crippen LogP contribution is -2.17. The van der Waals surface area contributed by atoms with E-state index in [0.717, 1.165) is 122 Å². The minimum Gasteiger partial charge on any atom is -0.493 e. The van der Waals surface area contributed by atoms with Crippen molar-refractivity contribution in [2.75, 3.05) is 55.7 Å². The van der Waals surface area contributed by atoms with E-state index in [2.05, 4.69) is 141 Å². The van der Waals surface area contributed by atoms with Crippen LogP contribution in [-0.2, 0) is 39.0 Å². The molecule has 0 radical (unpaired) electrons. The number of ether oxygens (including phenoxy) is 6. The molecule has 0 bridgehead atoms. The van der Waals surface area contributed by atoms with Gasteiger partial charge in [0, 0.05) is 69.9 Å². The molecule has 4 aromatic heterocycles. The zero-order valence-corrected chi connectivity index (χ0v) is 47.2. The Morgan fingerprint density at radius 2 is 0.759 bits per heavy atom. The Morgan fingerprint density at radius 1 is 0.392 bits per heavy atom. The third kappa shape index (κ3) is 12.3. The SMILES string of the molecule is COc1cc(-c2nc(CNCCCCCCNCc3cc4c5ccccc5n(CCCc5ccccc5)c4c(-c4cc(OC)c(OC)c(OC)c4)n3)cc3c4ccccc4n(CCCc4ccccc4)c23)cc(OC)c1OC.Cl. The van der Waals surface area contributed by atoms with Crippen molar-refractivity contribution >= 4 is 56.0 Å². The standard InChI is InChI=1S/C66H72N6O6.ClH/c1-73-57-37-47(38-58(74-2)65(57)77-5)61-63-53(51-29-15-17-31-55(51)71(63)35-21-27-45-23-11-9-12-24-45)41-49(69-61)43-67-33-19-7-8-20-34-68-44-50-42-54-52-30-16-18-32-56(52)72(36-22-28-46-25-13-10-14-26-46)64(54)62(70-50)48-39-59(75-3)66(78-6)60(40-48)76-4;/h9-18,23-26,29-32,37-42,67-68H,7-8,19-22,27-28,33-36,43-44H2,1-6H3;1H. The van der Waals surface area contributed by atoms with Crippen LogP contribution in [0.3, 0.4) is 0 Å². The highest BCUT2D eigenvalue weighted by atomic mass is 35.5. The number of para-hydroxylation sites is 2. The number of nitrogens with one attached hydrogen (secondary N) is 2. The summed E-state index contributed by atoms with van der Waals surface area (Å²) >= 11 is 0. The van der Waals surface area contributed by atoms with E-state index in [-0.39, 0.29) is 12.4 Å². The predicted octanol–water partition coefficient (Wildman–Crippen LogP) is 14.2. The third-order valence-corrected chi connectivity index (χ3v) is 14.9. The maximum absolute atomic E-state index is 5.86. The van der Waals surface area contributed by atoms with E-state index in [4.69, 9.17) is 38.4 Å². The van der Waals surface area contributed by atoms with Crippen molar-refractivity contribution in [3.8, 4) is 57.0 Å². The van der Waals surface area contributed by atoms with Gasteiger partial charge in [-0.15, -0.1) is 12.4 Å². The molecule has 13 heteroatoms. The summed E-state index contributed by atoms with van der Waals surface area (Å²) in [4.78, 5) is 10.9. The van der Waals surface area contributed by atoms with Crippen molar-refractivity contribution in [2.45, 2.75) is 77.5 Å². The number of methoxy groups -OCH3 is 6. The molecule has 0 aliphatic heterocycles. The van der Waals surface area contributed by atoms with Crippen LogP contribution in [0.2, 0.25) is 0 Å². The van der Waals surface area contributed by atoms with Gasteiger partial charge in [0.05, 0.1) is 76.5 Å². The molecule has 0 aliphatic carbocycles. The number of aryl methyl sites for hydroxylation is 4. The lowest BCUT2D eigenvalue weighted by molar-refractivity contribution is 0.324. The van der Waals surface area contributed by atoms with E-state index >= 15 is 0 Å². The topological polar surface area (TPSA) is 115 Å². The van der Waals surface area contributed by atoms with Crippen molar-refractivity contribution in [3.63, 3.8) is 0 Å². The molecule has 0 atom stereocenters. The summed E-state index contributed by atoms with van der Waals surface area (Å²) in [5.41, 5.74) is 12.8. The second kappa shape index (κ2) is 26.7. The molecule has 0 aliphatic rings. The Labute approximate surface area is 470 Å². The minimum absolute atomic E-state index is 0. The monoisotopic (exact) mass is 1080 g/mol. The number of hydrogen-bond donors (Lipinski definition) is 2. The van der Waals surface area contributed by atoms with Crippen LogP contribution in [0.5, 0.6) is 34.5 Å². The van der Waals surface area contributed by atoms with Gasteiger partial charge in [-0.25, -0.2) is 9.97 Å². The Hall–Kier alpha value is -7.77. The zero-order valence-electron chi connectivity index (χ0n) is 46.4. The minimum atomic E-state index is 0. The predicted molar refractivity (Wildman–Crippen MR) is 323 cm³/mol. The van der Waals surface area contributed by atoms with E-state index in [0.29, 0.717) is 47.6 Å². The summed E-state index contributed by atoms with van der Waals surface area (Å²) in [6, 6.07) is 51.5. The Bertz CT molecular complexity index is 3350. The summed E-state index contributed by atoms with van der Waals surface area (Å²) < 4.78 is 39.8. The smallest absolute Gasteiger partial charge is 0.203 e. The van der Waals surface area contributed by atoms with E-state index in [9.17, 15) is 0 Å². The first kappa shape index (κ1) is 56.0. The van der Waals surface area contributed by atoms with E-state index < -0.39 is 0 Å². The van der Waals surface area contributed by atoms with Gasteiger partial charge in [0.1, 0.15) is 0 Å². The van der Waals surface area contributed by atoms with E-state index in [1.165, 1.54) is 43.7 Å². The number of unbranched alkanes of at least 4 members (excludes halogenated alkanes) is 3. The van der Waals surface area contributed by atoms with Crippen molar-refractivity contribution < 1.29 is 28.4 Å². The van der Waals surface area contributed by atoms with Crippen LogP contribution in [0.25, 0.3) is 66.1 Å². The molecule has 10 aromatic rings. The zero-order chi connectivity index (χ0) is 53.8. The van der Waals surface area contributed by atoms with Crippen molar-refractivity contribution in [1.82, 2.24) is 29.7 Å². The van der Waals surface area contributed by atoms with Crippen LogP contribution in [0.1, 0.15) is 61.0 Å². The fourth-order valence-electron chi connectivity index (χ4n) is 11.2. The molecule has 0 spiro atoms. The maximum Gasteiger partial charge on any atom is 0.203 e. The maximum atomic E-state index is 5.86. The van der Waals surface area contributed by atoms with Gasteiger partial charge in [-0.2, -0.15) is 0 Å². The highest BCUT2D eigenvalue weighted by Gasteiger charge is 2.24. The number of fused-ring (bicyclic) bond motifs is 6. The number of aromatic nitrogens is 4. The summed E-state index contributed by atoms with van der Waals surface area (Å²) in [6.45, 7) is 4.76. The van der Waals surface area contributed by atoms with Gasteiger partial charge in [0.15, 0.2) is 23.0 Å². The molecule has 79 heavy (non-hydrogen) atoms. The highest BCUT2D eigenvalue weighted by molar-refractivity contribution is 6.13. The summed E-state index contributed by atoms with van der Waals surface area (Å²) in [7, 11) is 9.90. The number of hydrogen-bond acceptors (Lipinski definition) is 10. The molecule has 12 nitrogen and oxygen atoms in total. The fourth-order valence-corrected chi connectivity index (χ4v) is 11.2. The molecule has 2 N–H and O–H groups in total. The average molecular weight is 1080 g/mol. The lowest BCUT2D eigenvalue weighted by Gasteiger charge is -2.16. The van der Waals surface area contributed by atoms with Gasteiger partial charge in [0.2, 0.25) is 11.5 Å². The van der Waals surface area contributed by atoms with Gasteiger partial charge in [-0.3, -0.25) is 0 Å². The Morgan fingerprint density at radius 3 is 1.13 bits per heavy atom. The second-order valence-corrected chi connectivity index (χ2v) is 19.8. The molecule has 0 fully saturated rings. The summed E-state index contributed by atoms with van der Waals surface area (Å²) in [6.07, 6.45) is 8.31. The van der Waals surface area contributed by atoms with Gasteiger partial charge >= 0.3 is 0 Å². The summed E-state index contributed by atoms with van der Waals surface area (Å²) in [5.74, 6) is 3.49. The van der Waals surface area contributed by atoms with Crippen LogP contribution in [0, 0.1) is 0 Å². The molecule has 0 saturated carbocycles. The molecule has 0 saturated heterocycles. The number of halogens is 1. The van der Waals surface area contributed by atoms with Crippen molar-refractivity contribution in [2.24, 2.45) is 0 Å². The molecule has 0 amide bonds. The lowest BCUT2D eigenvalue weighted by atomic mass is 10.0. The number of nitrogens with zero attached hydrogens (tertiary/aromatic N) is 4. The quantitative estimate of drug-likeness (QED) is 0.0483. The number of pyridine rings is 2. The van der Waals surface area contributed by atoms with Crippen molar-refractivity contribution in [1.29, 1.82) is 0 Å². The van der Waals surface area contributed by atoms with Crippen molar-refractivity contribution in [3.05, 3.63) is 168 Å². The molecule has 6 aromatic carbocycles. The molecule has 0 unspecified atom stereocenters. The van der Waals surface area contributed by atoms with Crippen LogP contribution in [-0.4, -0.2) is 74.9 Å². The molecular formula is C66H73ClN6O6. The second-order valence-electron chi connectivity index (χ2n) is 19.8. The van der Waals surface area contributed by atoms with Gasteiger partial charge in [-0.1, -0.05) is 110 Å². The Balaban J connectivity index is 0.00000757. The summed E-state index contributed by atoms with van der Waals surface area (Å²) in [5, 5.41) is 12.3. The number of rotatable bonds is 27. The van der Waals surface area contributed by atoms with Crippen LogP contribution in [0.4, 0.5) is 0 Å². The highest BCUT2D eigenvalue weighted by Crippen LogP contribution is 2.45. The van der Waals surface area contributed by atoms with Crippen LogP contribution < -0.4 is 39.1 Å². The average Bonchev–Trinajstić information content (AvgIpc) is 4.22. The van der Waals surface area contributed by atoms with E-state index in [1.54, 1.807) is 42.7 Å². The van der Waals surface area contributed by atoms with Gasteiger partial charge in [-0.05, 0) is 111 Å². The van der Waals surface area contributed by atoms with Crippen LogP contribution in [0.15, 0.2) is 146 Å². The molecule has 410 valence electrons. The fraction of sp³-hybridized carbons (Fsp3) is 0.303. The molecule has 4 heterocycles.